The van der Waals surface area contributed by atoms with E-state index in [-0.39, 0.29) is 0 Å². The molecule has 0 aliphatic carbocycles. The van der Waals surface area contributed by atoms with E-state index < -0.39 is 0 Å². The lowest BCUT2D eigenvalue weighted by Gasteiger charge is -1.98. The fourth-order valence-corrected chi connectivity index (χ4v) is 2.83. The molecule has 0 unspecified atom stereocenters. The number of benzene rings is 1. The van der Waals surface area contributed by atoms with Gasteiger partial charge >= 0.3 is 0 Å². The molecule has 0 amide bonds. The van der Waals surface area contributed by atoms with Gasteiger partial charge in [-0.1, -0.05) is 29.5 Å². The molecule has 7 heteroatoms. The summed E-state index contributed by atoms with van der Waals surface area (Å²) in [5.74, 6) is 1.44. The van der Waals surface area contributed by atoms with E-state index in [4.69, 9.17) is 23.2 Å². The van der Waals surface area contributed by atoms with Gasteiger partial charge in [-0.15, -0.1) is 33.4 Å². The summed E-state index contributed by atoms with van der Waals surface area (Å²) >= 11 is 13.1. The quantitative estimate of drug-likeness (QED) is 0.697. The second-order valence-electron chi connectivity index (χ2n) is 3.69. The monoisotopic (exact) mass is 298 g/mol. The molecule has 0 atom stereocenters. The van der Waals surface area contributed by atoms with E-state index in [9.17, 15) is 0 Å². The maximum Gasteiger partial charge on any atom is 0.235 e. The zero-order chi connectivity index (χ0) is 12.5. The van der Waals surface area contributed by atoms with E-state index in [1.165, 1.54) is 11.3 Å². The smallest absolute Gasteiger partial charge is 0.186 e. The molecule has 3 aromatic rings. The molecular formula is C11H8Cl2N4S. The van der Waals surface area contributed by atoms with E-state index in [1.807, 2.05) is 24.3 Å². The summed E-state index contributed by atoms with van der Waals surface area (Å²) in [6.07, 6.45) is 0. The highest BCUT2D eigenvalue weighted by molar-refractivity contribution is 7.19. The molecular weight excluding hydrogens is 291 g/mol. The first-order valence-electron chi connectivity index (χ1n) is 5.24. The van der Waals surface area contributed by atoms with Gasteiger partial charge in [-0.2, -0.15) is 9.61 Å². The van der Waals surface area contributed by atoms with E-state index >= 15 is 0 Å². The molecule has 0 radical (unpaired) electrons. The molecule has 0 saturated carbocycles. The van der Waals surface area contributed by atoms with E-state index in [0.29, 0.717) is 17.6 Å². The first kappa shape index (κ1) is 11.9. The summed E-state index contributed by atoms with van der Waals surface area (Å²) in [6, 6.07) is 7.99. The van der Waals surface area contributed by atoms with Crippen molar-refractivity contribution in [3.8, 4) is 10.6 Å². The molecule has 0 aliphatic heterocycles. The minimum atomic E-state index is 0.298. The van der Waals surface area contributed by atoms with E-state index in [0.717, 1.165) is 21.1 Å². The van der Waals surface area contributed by atoms with Crippen LogP contribution in [0.25, 0.3) is 15.5 Å². The second-order valence-corrected chi connectivity index (χ2v) is 5.18. The van der Waals surface area contributed by atoms with Crippen LogP contribution in [0.2, 0.25) is 0 Å². The number of nitrogens with zero attached hydrogens (tertiary/aromatic N) is 4. The average molecular weight is 299 g/mol. The Labute approximate surface area is 117 Å². The molecule has 1 aromatic carbocycles. The molecule has 0 N–H and O–H groups in total. The van der Waals surface area contributed by atoms with Crippen LogP contribution in [0.5, 0.6) is 0 Å². The summed E-state index contributed by atoms with van der Waals surface area (Å²) in [4.78, 5) is 0.747. The van der Waals surface area contributed by atoms with Crippen LogP contribution in [0.15, 0.2) is 24.3 Å². The normalized spacial score (nSPS) is 11.2. The molecule has 2 heterocycles. The Hall–Kier alpha value is -1.17. The van der Waals surface area contributed by atoms with Crippen LogP contribution in [0.3, 0.4) is 0 Å². The molecule has 4 nitrogen and oxygen atoms in total. The van der Waals surface area contributed by atoms with Crippen LogP contribution in [-0.2, 0) is 11.8 Å². The topological polar surface area (TPSA) is 43.1 Å². The predicted molar refractivity (Wildman–Crippen MR) is 73.2 cm³/mol. The van der Waals surface area contributed by atoms with Gasteiger partial charge in [-0.05, 0) is 11.6 Å². The zero-order valence-electron chi connectivity index (χ0n) is 9.18. The van der Waals surface area contributed by atoms with Gasteiger partial charge in [0.05, 0.1) is 5.88 Å². The summed E-state index contributed by atoms with van der Waals surface area (Å²) in [7, 11) is 0. The Kier molecular flexibility index (Phi) is 3.20. The predicted octanol–water partition coefficient (Wildman–Crippen LogP) is 3.33. The Morgan fingerprint density at radius 3 is 2.83 bits per heavy atom. The number of aromatic nitrogens is 4. The average Bonchev–Trinajstić information content (AvgIpc) is 2.98. The third kappa shape index (κ3) is 1.98. The number of rotatable bonds is 3. The van der Waals surface area contributed by atoms with Gasteiger partial charge in [0.25, 0.3) is 0 Å². The first-order valence-corrected chi connectivity index (χ1v) is 7.12. The second kappa shape index (κ2) is 4.84. The maximum absolute atomic E-state index is 5.83. The minimum absolute atomic E-state index is 0.298. The molecule has 92 valence electrons. The van der Waals surface area contributed by atoms with Crippen LogP contribution < -0.4 is 0 Å². The van der Waals surface area contributed by atoms with Gasteiger partial charge in [0.1, 0.15) is 5.01 Å². The highest BCUT2D eigenvalue weighted by atomic mass is 35.5. The highest BCUT2D eigenvalue weighted by Gasteiger charge is 2.12. The Morgan fingerprint density at radius 1 is 1.17 bits per heavy atom. The van der Waals surface area contributed by atoms with Crippen molar-refractivity contribution < 1.29 is 0 Å². The number of hydrogen-bond acceptors (Lipinski definition) is 4. The summed E-state index contributed by atoms with van der Waals surface area (Å²) in [5.41, 5.74) is 2.10. The summed E-state index contributed by atoms with van der Waals surface area (Å²) in [6.45, 7) is 0. The Balaban J connectivity index is 2.10. The summed E-state index contributed by atoms with van der Waals surface area (Å²) < 4.78 is 1.68. The third-order valence-corrected chi connectivity index (χ3v) is 4.00. The Morgan fingerprint density at radius 2 is 2.06 bits per heavy atom. The minimum Gasteiger partial charge on any atom is -0.186 e. The molecule has 2 aromatic heterocycles. The van der Waals surface area contributed by atoms with Gasteiger partial charge in [0, 0.05) is 11.4 Å². The van der Waals surface area contributed by atoms with Crippen molar-refractivity contribution >= 4 is 39.5 Å². The van der Waals surface area contributed by atoms with Crippen LogP contribution >= 0.6 is 34.5 Å². The number of fused-ring (bicyclic) bond motifs is 1. The first-order chi connectivity index (χ1) is 8.81. The van der Waals surface area contributed by atoms with Crippen LogP contribution in [-0.4, -0.2) is 19.8 Å². The number of hydrogen-bond donors (Lipinski definition) is 0. The SMILES string of the molecule is ClCc1cccc(-c2nn3c(CCl)nnc3s2)c1. The molecule has 18 heavy (non-hydrogen) atoms. The fraction of sp³-hybridized carbons (Fsp3) is 0.182. The lowest BCUT2D eigenvalue weighted by molar-refractivity contribution is 0.885. The molecule has 0 bridgehead atoms. The van der Waals surface area contributed by atoms with Crippen molar-refractivity contribution in [2.75, 3.05) is 0 Å². The van der Waals surface area contributed by atoms with Crippen molar-refractivity contribution in [3.05, 3.63) is 35.7 Å². The van der Waals surface area contributed by atoms with Gasteiger partial charge in [0.15, 0.2) is 5.82 Å². The standard InChI is InChI=1S/C11H8Cl2N4S/c12-5-7-2-1-3-8(4-7)10-16-17-9(6-13)14-15-11(17)18-10/h1-4H,5-6H2. The molecule has 0 spiro atoms. The molecule has 0 saturated heterocycles. The zero-order valence-corrected chi connectivity index (χ0v) is 11.5. The van der Waals surface area contributed by atoms with E-state index in [1.54, 1.807) is 4.52 Å². The maximum atomic E-state index is 5.83. The van der Waals surface area contributed by atoms with Crippen molar-refractivity contribution in [3.63, 3.8) is 0 Å². The van der Waals surface area contributed by atoms with Crippen LogP contribution in [0, 0.1) is 0 Å². The van der Waals surface area contributed by atoms with Crippen LogP contribution in [0.1, 0.15) is 11.4 Å². The van der Waals surface area contributed by atoms with Crippen molar-refractivity contribution in [2.45, 2.75) is 11.8 Å². The molecule has 0 aliphatic rings. The van der Waals surface area contributed by atoms with Crippen LogP contribution in [0.4, 0.5) is 0 Å². The van der Waals surface area contributed by atoms with E-state index in [2.05, 4.69) is 15.3 Å². The lowest BCUT2D eigenvalue weighted by Crippen LogP contribution is -1.92. The van der Waals surface area contributed by atoms with Crippen molar-refractivity contribution in [2.24, 2.45) is 0 Å². The Bertz CT molecular complexity index is 691. The largest absolute Gasteiger partial charge is 0.235 e. The van der Waals surface area contributed by atoms with Gasteiger partial charge in [-0.3, -0.25) is 0 Å². The third-order valence-electron chi connectivity index (χ3n) is 2.50. The summed E-state index contributed by atoms with van der Waals surface area (Å²) in [5, 5.41) is 13.3. The number of halogens is 2. The van der Waals surface area contributed by atoms with Gasteiger partial charge < -0.3 is 0 Å². The molecule has 0 fully saturated rings. The molecule has 3 rings (SSSR count). The lowest BCUT2D eigenvalue weighted by atomic mass is 10.1. The van der Waals surface area contributed by atoms with Gasteiger partial charge in [-0.25, -0.2) is 0 Å². The van der Waals surface area contributed by atoms with Crippen molar-refractivity contribution in [1.29, 1.82) is 0 Å². The highest BCUT2D eigenvalue weighted by Crippen LogP contribution is 2.26. The van der Waals surface area contributed by atoms with Gasteiger partial charge in [0.2, 0.25) is 4.96 Å². The van der Waals surface area contributed by atoms with Crippen molar-refractivity contribution in [1.82, 2.24) is 19.8 Å². The number of alkyl halides is 2. The fourth-order valence-electron chi connectivity index (χ4n) is 1.64.